The van der Waals surface area contributed by atoms with Crippen molar-refractivity contribution in [1.82, 2.24) is 10.3 Å². The highest BCUT2D eigenvalue weighted by Gasteiger charge is 2.15. The molecule has 0 radical (unpaired) electrons. The molecule has 1 atom stereocenters. The summed E-state index contributed by atoms with van der Waals surface area (Å²) in [7, 11) is 1.63. The van der Waals surface area contributed by atoms with Crippen LogP contribution in [-0.2, 0) is 11.2 Å². The summed E-state index contributed by atoms with van der Waals surface area (Å²) in [5.41, 5.74) is 2.56. The summed E-state index contributed by atoms with van der Waals surface area (Å²) in [6.45, 7) is 2.04. The highest BCUT2D eigenvalue weighted by Crippen LogP contribution is 2.21. The fraction of sp³-hybridized carbons (Fsp3) is 0.238. The Morgan fingerprint density at radius 2 is 1.88 bits per heavy atom. The van der Waals surface area contributed by atoms with Crippen molar-refractivity contribution in [2.45, 2.75) is 25.8 Å². The molecule has 26 heavy (non-hydrogen) atoms. The number of nitrogens with one attached hydrogen (secondary N) is 1. The molecule has 1 aromatic heterocycles. The van der Waals surface area contributed by atoms with Crippen LogP contribution >= 0.6 is 0 Å². The maximum absolute atomic E-state index is 12.4. The van der Waals surface area contributed by atoms with Crippen molar-refractivity contribution < 1.29 is 13.9 Å². The summed E-state index contributed by atoms with van der Waals surface area (Å²) in [5.74, 6) is 1.24. The molecule has 5 nitrogen and oxygen atoms in total. The number of hydrogen-bond acceptors (Lipinski definition) is 4. The van der Waals surface area contributed by atoms with Gasteiger partial charge >= 0.3 is 0 Å². The monoisotopic (exact) mass is 350 g/mol. The number of methoxy groups -OCH3 is 1. The Hall–Kier alpha value is -3.08. The quantitative estimate of drug-likeness (QED) is 0.695. The van der Waals surface area contributed by atoms with Crippen LogP contribution in [0.3, 0.4) is 0 Å². The Bertz CT molecular complexity index is 841. The second-order valence-electron chi connectivity index (χ2n) is 5.99. The first-order valence-electron chi connectivity index (χ1n) is 8.62. The van der Waals surface area contributed by atoms with E-state index in [1.165, 1.54) is 6.26 Å². The molecule has 0 fully saturated rings. The van der Waals surface area contributed by atoms with Gasteiger partial charge in [-0.2, -0.15) is 0 Å². The lowest BCUT2D eigenvalue weighted by Gasteiger charge is -2.17. The molecule has 0 unspecified atom stereocenters. The smallest absolute Gasteiger partial charge is 0.226 e. The van der Waals surface area contributed by atoms with Crippen LogP contribution in [0.1, 0.15) is 30.6 Å². The number of benzene rings is 2. The zero-order chi connectivity index (χ0) is 18.4. The Morgan fingerprint density at radius 3 is 2.54 bits per heavy atom. The standard InChI is InChI=1S/C21H22N2O3/c1-3-19(15-9-11-18(25-2)12-10-15)23-20(24)13-17-14-26-21(22-17)16-7-5-4-6-8-16/h4-12,14,19H,3,13H2,1-2H3,(H,23,24)/t19-/m1/s1. The normalized spacial score (nSPS) is 11.8. The molecule has 0 aliphatic carbocycles. The topological polar surface area (TPSA) is 64.4 Å². The minimum atomic E-state index is -0.0828. The van der Waals surface area contributed by atoms with Crippen LogP contribution in [0.15, 0.2) is 65.3 Å². The fourth-order valence-corrected chi connectivity index (χ4v) is 2.77. The molecule has 0 aliphatic rings. The summed E-state index contributed by atoms with van der Waals surface area (Å²) < 4.78 is 10.7. The van der Waals surface area contributed by atoms with Crippen molar-refractivity contribution in [3.8, 4) is 17.2 Å². The summed E-state index contributed by atoms with van der Waals surface area (Å²) in [5, 5.41) is 3.06. The number of ether oxygens (including phenoxy) is 1. The molecule has 2 aromatic carbocycles. The number of amides is 1. The fourth-order valence-electron chi connectivity index (χ4n) is 2.77. The van der Waals surface area contributed by atoms with Gasteiger partial charge in [-0.25, -0.2) is 4.98 Å². The van der Waals surface area contributed by atoms with E-state index in [2.05, 4.69) is 10.3 Å². The van der Waals surface area contributed by atoms with Crippen molar-refractivity contribution in [3.05, 3.63) is 72.1 Å². The molecular formula is C21H22N2O3. The largest absolute Gasteiger partial charge is 0.497 e. The number of aromatic nitrogens is 1. The van der Waals surface area contributed by atoms with E-state index in [-0.39, 0.29) is 18.4 Å². The first-order chi connectivity index (χ1) is 12.7. The molecule has 0 aliphatic heterocycles. The molecule has 3 aromatic rings. The molecular weight excluding hydrogens is 328 g/mol. The molecule has 1 heterocycles. The first-order valence-corrected chi connectivity index (χ1v) is 8.62. The zero-order valence-electron chi connectivity index (χ0n) is 14.9. The van der Waals surface area contributed by atoms with Crippen LogP contribution in [0.5, 0.6) is 5.75 Å². The van der Waals surface area contributed by atoms with E-state index in [0.29, 0.717) is 11.6 Å². The van der Waals surface area contributed by atoms with Crippen molar-refractivity contribution in [2.24, 2.45) is 0 Å². The van der Waals surface area contributed by atoms with Gasteiger partial charge in [0.2, 0.25) is 11.8 Å². The molecule has 134 valence electrons. The van der Waals surface area contributed by atoms with Crippen LogP contribution in [0, 0.1) is 0 Å². The van der Waals surface area contributed by atoms with Crippen molar-refractivity contribution in [3.63, 3.8) is 0 Å². The molecule has 1 N–H and O–H groups in total. The Balaban J connectivity index is 1.63. The lowest BCUT2D eigenvalue weighted by atomic mass is 10.0. The third-order valence-corrected chi connectivity index (χ3v) is 4.18. The molecule has 5 heteroatoms. The van der Waals surface area contributed by atoms with Gasteiger partial charge in [0, 0.05) is 5.56 Å². The minimum Gasteiger partial charge on any atom is -0.497 e. The maximum atomic E-state index is 12.4. The summed E-state index contributed by atoms with van der Waals surface area (Å²) in [4.78, 5) is 16.8. The van der Waals surface area contributed by atoms with Gasteiger partial charge in [-0.3, -0.25) is 4.79 Å². The predicted octanol–water partition coefficient (Wildman–Crippen LogP) is 4.16. The molecule has 0 bridgehead atoms. The Kier molecular flexibility index (Phi) is 5.69. The zero-order valence-corrected chi connectivity index (χ0v) is 14.9. The van der Waals surface area contributed by atoms with Gasteiger partial charge in [0.15, 0.2) is 0 Å². The van der Waals surface area contributed by atoms with E-state index >= 15 is 0 Å². The second kappa shape index (κ2) is 8.34. The van der Waals surface area contributed by atoms with Gasteiger partial charge in [-0.15, -0.1) is 0 Å². The van der Waals surface area contributed by atoms with Gasteiger partial charge in [-0.1, -0.05) is 37.3 Å². The molecule has 1 amide bonds. The van der Waals surface area contributed by atoms with Gasteiger partial charge in [0.25, 0.3) is 0 Å². The van der Waals surface area contributed by atoms with Crippen molar-refractivity contribution in [1.29, 1.82) is 0 Å². The highest BCUT2D eigenvalue weighted by molar-refractivity contribution is 5.78. The molecule has 0 saturated carbocycles. The molecule has 0 spiro atoms. The summed E-state index contributed by atoms with van der Waals surface area (Å²) >= 11 is 0. The predicted molar refractivity (Wildman–Crippen MR) is 99.8 cm³/mol. The average Bonchev–Trinajstić information content (AvgIpc) is 3.15. The van der Waals surface area contributed by atoms with Gasteiger partial charge in [-0.05, 0) is 36.2 Å². The van der Waals surface area contributed by atoms with E-state index in [9.17, 15) is 4.79 Å². The highest BCUT2D eigenvalue weighted by atomic mass is 16.5. The maximum Gasteiger partial charge on any atom is 0.226 e. The van der Waals surface area contributed by atoms with Crippen LogP contribution < -0.4 is 10.1 Å². The van der Waals surface area contributed by atoms with Gasteiger partial charge in [0.05, 0.1) is 25.3 Å². The van der Waals surface area contributed by atoms with E-state index in [1.807, 2.05) is 61.5 Å². The van der Waals surface area contributed by atoms with Crippen molar-refractivity contribution >= 4 is 5.91 Å². The van der Waals surface area contributed by atoms with Crippen LogP contribution in [0.2, 0.25) is 0 Å². The summed E-state index contributed by atoms with van der Waals surface area (Å²) in [6, 6.07) is 17.3. The number of carbonyl (C=O) groups is 1. The number of oxazole rings is 1. The lowest BCUT2D eigenvalue weighted by Crippen LogP contribution is -2.29. The second-order valence-corrected chi connectivity index (χ2v) is 5.99. The third-order valence-electron chi connectivity index (χ3n) is 4.18. The van der Waals surface area contributed by atoms with E-state index in [0.717, 1.165) is 23.3 Å². The van der Waals surface area contributed by atoms with E-state index in [1.54, 1.807) is 7.11 Å². The van der Waals surface area contributed by atoms with E-state index in [4.69, 9.17) is 9.15 Å². The number of nitrogens with zero attached hydrogens (tertiary/aromatic N) is 1. The Labute approximate surface area is 153 Å². The van der Waals surface area contributed by atoms with Gasteiger partial charge in [0.1, 0.15) is 12.0 Å². The average molecular weight is 350 g/mol. The number of rotatable bonds is 7. The molecule has 0 saturated heterocycles. The third kappa shape index (κ3) is 4.30. The van der Waals surface area contributed by atoms with Crippen LogP contribution in [-0.4, -0.2) is 18.0 Å². The van der Waals surface area contributed by atoms with Gasteiger partial charge < -0.3 is 14.5 Å². The Morgan fingerprint density at radius 1 is 1.15 bits per heavy atom. The number of hydrogen-bond donors (Lipinski definition) is 1. The number of carbonyl (C=O) groups excluding carboxylic acids is 1. The van der Waals surface area contributed by atoms with Crippen LogP contribution in [0.25, 0.3) is 11.5 Å². The first kappa shape index (κ1) is 17.7. The van der Waals surface area contributed by atoms with E-state index < -0.39 is 0 Å². The minimum absolute atomic E-state index is 0.0473. The van der Waals surface area contributed by atoms with Crippen LogP contribution in [0.4, 0.5) is 0 Å². The molecule has 3 rings (SSSR count). The van der Waals surface area contributed by atoms with Crippen molar-refractivity contribution in [2.75, 3.05) is 7.11 Å². The lowest BCUT2D eigenvalue weighted by molar-refractivity contribution is -0.121. The SMILES string of the molecule is CC[C@@H](NC(=O)Cc1coc(-c2ccccc2)n1)c1ccc(OC)cc1. The summed E-state index contributed by atoms with van der Waals surface area (Å²) in [6.07, 6.45) is 2.52.